The summed E-state index contributed by atoms with van der Waals surface area (Å²) in [5.74, 6) is 1.42. The van der Waals surface area contributed by atoms with Crippen molar-refractivity contribution in [3.8, 4) is 11.4 Å². The Morgan fingerprint density at radius 3 is 2.95 bits per heavy atom. The molecule has 0 aliphatic carbocycles. The summed E-state index contributed by atoms with van der Waals surface area (Å²) in [4.78, 5) is 11.6. The molecule has 2 heterocycles. The molecular formula is C14H14BrN3O2. The number of methoxy groups -OCH3 is 1. The largest absolute Gasteiger partial charge is 0.469 e. The van der Waals surface area contributed by atoms with Crippen LogP contribution in [0.3, 0.4) is 0 Å². The van der Waals surface area contributed by atoms with Crippen LogP contribution in [-0.2, 0) is 22.5 Å². The van der Waals surface area contributed by atoms with Crippen LogP contribution in [-0.4, -0.2) is 27.8 Å². The van der Waals surface area contributed by atoms with E-state index < -0.39 is 0 Å². The van der Waals surface area contributed by atoms with Crippen molar-refractivity contribution < 1.29 is 9.53 Å². The van der Waals surface area contributed by atoms with E-state index >= 15 is 0 Å². The Hall–Kier alpha value is -1.69. The maximum atomic E-state index is 11.6. The summed E-state index contributed by atoms with van der Waals surface area (Å²) < 4.78 is 7.89. The molecule has 1 aliphatic rings. The first-order valence-electron chi connectivity index (χ1n) is 6.45. The maximum absolute atomic E-state index is 11.6. The van der Waals surface area contributed by atoms with Crippen LogP contribution >= 0.6 is 15.9 Å². The third kappa shape index (κ3) is 2.24. The number of carbonyl (C=O) groups excluding carboxylic acids is 1. The van der Waals surface area contributed by atoms with Gasteiger partial charge in [-0.15, -0.1) is 10.2 Å². The fourth-order valence-corrected chi connectivity index (χ4v) is 3.00. The first-order valence-corrected chi connectivity index (χ1v) is 7.25. The number of halogens is 1. The molecule has 5 nitrogen and oxygen atoms in total. The fraction of sp³-hybridized carbons (Fsp3) is 0.357. The van der Waals surface area contributed by atoms with Crippen molar-refractivity contribution in [2.45, 2.75) is 19.4 Å². The molecule has 1 aromatic heterocycles. The van der Waals surface area contributed by atoms with Crippen LogP contribution in [0, 0.1) is 5.92 Å². The van der Waals surface area contributed by atoms with Gasteiger partial charge in [0.2, 0.25) is 0 Å². The van der Waals surface area contributed by atoms with E-state index in [9.17, 15) is 4.79 Å². The standard InChI is InChI=1S/C14H14BrN3O2/c1-20-14(19)9-6-7-18-12(8-9)16-17-13(18)10-4-2-3-5-11(10)15/h2-5,9H,6-8H2,1H3. The number of aromatic nitrogens is 3. The summed E-state index contributed by atoms with van der Waals surface area (Å²) in [6.45, 7) is 0.735. The molecule has 0 bridgehead atoms. The van der Waals surface area contributed by atoms with Crippen molar-refractivity contribution in [2.75, 3.05) is 7.11 Å². The Morgan fingerprint density at radius 1 is 1.40 bits per heavy atom. The molecule has 3 rings (SSSR count). The highest BCUT2D eigenvalue weighted by molar-refractivity contribution is 9.10. The van der Waals surface area contributed by atoms with Gasteiger partial charge in [0.25, 0.3) is 0 Å². The van der Waals surface area contributed by atoms with Crippen molar-refractivity contribution in [3.63, 3.8) is 0 Å². The molecule has 0 radical (unpaired) electrons. The van der Waals surface area contributed by atoms with Gasteiger partial charge in [-0.2, -0.15) is 0 Å². The average molecular weight is 336 g/mol. The summed E-state index contributed by atoms with van der Waals surface area (Å²) in [5.41, 5.74) is 1.02. The Labute approximate surface area is 125 Å². The van der Waals surface area contributed by atoms with E-state index in [1.165, 1.54) is 7.11 Å². The SMILES string of the molecule is COC(=O)C1CCn2c(nnc2-c2ccccc2Br)C1. The van der Waals surface area contributed by atoms with Crippen LogP contribution in [0.4, 0.5) is 0 Å². The third-order valence-electron chi connectivity index (χ3n) is 3.61. The first-order chi connectivity index (χ1) is 9.70. The van der Waals surface area contributed by atoms with Gasteiger partial charge in [0.15, 0.2) is 5.82 Å². The molecule has 6 heteroatoms. The molecule has 104 valence electrons. The van der Waals surface area contributed by atoms with Gasteiger partial charge in [-0.05, 0) is 12.5 Å². The molecule has 0 spiro atoms. The summed E-state index contributed by atoms with van der Waals surface area (Å²) in [6.07, 6.45) is 1.35. The number of esters is 1. The van der Waals surface area contributed by atoms with E-state index in [2.05, 4.69) is 30.7 Å². The van der Waals surface area contributed by atoms with E-state index in [-0.39, 0.29) is 11.9 Å². The Bertz CT molecular complexity index is 654. The van der Waals surface area contributed by atoms with Crippen molar-refractivity contribution in [3.05, 3.63) is 34.6 Å². The number of fused-ring (bicyclic) bond motifs is 1. The highest BCUT2D eigenvalue weighted by atomic mass is 79.9. The number of rotatable bonds is 2. The fourth-order valence-electron chi connectivity index (χ4n) is 2.54. The minimum Gasteiger partial charge on any atom is -0.469 e. The maximum Gasteiger partial charge on any atom is 0.309 e. The molecule has 0 saturated heterocycles. The molecule has 0 N–H and O–H groups in total. The van der Waals surface area contributed by atoms with Gasteiger partial charge in [0, 0.05) is 23.0 Å². The molecule has 1 aliphatic heterocycles. The number of hydrogen-bond donors (Lipinski definition) is 0. The van der Waals surface area contributed by atoms with Gasteiger partial charge in [-0.3, -0.25) is 4.79 Å². The lowest BCUT2D eigenvalue weighted by molar-refractivity contribution is -0.146. The second-order valence-electron chi connectivity index (χ2n) is 4.78. The average Bonchev–Trinajstić information content (AvgIpc) is 2.90. The summed E-state index contributed by atoms with van der Waals surface area (Å²) in [7, 11) is 1.42. The Balaban J connectivity index is 1.94. The first kappa shape index (κ1) is 13.3. The van der Waals surface area contributed by atoms with Crippen LogP contribution in [0.5, 0.6) is 0 Å². The lowest BCUT2D eigenvalue weighted by Crippen LogP contribution is -2.27. The smallest absolute Gasteiger partial charge is 0.309 e. The number of hydrogen-bond acceptors (Lipinski definition) is 4. The predicted molar refractivity (Wildman–Crippen MR) is 77.0 cm³/mol. The quantitative estimate of drug-likeness (QED) is 0.791. The molecule has 1 unspecified atom stereocenters. The second kappa shape index (κ2) is 5.36. The van der Waals surface area contributed by atoms with E-state index in [1.807, 2.05) is 24.3 Å². The molecule has 0 fully saturated rings. The van der Waals surface area contributed by atoms with E-state index in [1.54, 1.807) is 0 Å². The van der Waals surface area contributed by atoms with Crippen LogP contribution in [0.2, 0.25) is 0 Å². The Kier molecular flexibility index (Phi) is 3.56. The van der Waals surface area contributed by atoms with Crippen molar-refractivity contribution in [2.24, 2.45) is 5.92 Å². The summed E-state index contributed by atoms with van der Waals surface area (Å²) in [5, 5.41) is 8.50. The third-order valence-corrected chi connectivity index (χ3v) is 4.30. The van der Waals surface area contributed by atoms with Gasteiger partial charge < -0.3 is 9.30 Å². The van der Waals surface area contributed by atoms with Crippen LogP contribution in [0.1, 0.15) is 12.2 Å². The van der Waals surface area contributed by atoms with Gasteiger partial charge in [0.1, 0.15) is 5.82 Å². The van der Waals surface area contributed by atoms with Crippen LogP contribution in [0.25, 0.3) is 11.4 Å². The lowest BCUT2D eigenvalue weighted by atomic mass is 9.98. The van der Waals surface area contributed by atoms with Crippen LogP contribution in [0.15, 0.2) is 28.7 Å². The van der Waals surface area contributed by atoms with Crippen molar-refractivity contribution in [1.82, 2.24) is 14.8 Å². The zero-order valence-electron chi connectivity index (χ0n) is 11.0. The van der Waals surface area contributed by atoms with Gasteiger partial charge in [0.05, 0.1) is 13.0 Å². The zero-order chi connectivity index (χ0) is 14.1. The van der Waals surface area contributed by atoms with Crippen molar-refractivity contribution >= 4 is 21.9 Å². The van der Waals surface area contributed by atoms with Gasteiger partial charge in [-0.25, -0.2) is 0 Å². The number of carbonyl (C=O) groups is 1. The summed E-state index contributed by atoms with van der Waals surface area (Å²) in [6, 6.07) is 7.93. The highest BCUT2D eigenvalue weighted by Crippen LogP contribution is 2.30. The number of benzene rings is 1. The normalized spacial score (nSPS) is 17.6. The van der Waals surface area contributed by atoms with Crippen molar-refractivity contribution in [1.29, 1.82) is 0 Å². The predicted octanol–water partition coefficient (Wildman–Crippen LogP) is 2.44. The van der Waals surface area contributed by atoms with E-state index in [0.717, 1.165) is 34.7 Å². The molecular weight excluding hydrogens is 322 g/mol. The van der Waals surface area contributed by atoms with Gasteiger partial charge >= 0.3 is 5.97 Å². The van der Waals surface area contributed by atoms with Crippen LogP contribution < -0.4 is 0 Å². The topological polar surface area (TPSA) is 57.0 Å². The second-order valence-corrected chi connectivity index (χ2v) is 5.64. The van der Waals surface area contributed by atoms with Gasteiger partial charge in [-0.1, -0.05) is 34.1 Å². The zero-order valence-corrected chi connectivity index (χ0v) is 12.6. The summed E-state index contributed by atoms with van der Waals surface area (Å²) >= 11 is 3.54. The minimum atomic E-state index is -0.165. The van der Waals surface area contributed by atoms with E-state index in [0.29, 0.717) is 6.42 Å². The lowest BCUT2D eigenvalue weighted by Gasteiger charge is -2.21. The molecule has 0 amide bonds. The highest BCUT2D eigenvalue weighted by Gasteiger charge is 2.29. The molecule has 20 heavy (non-hydrogen) atoms. The Morgan fingerprint density at radius 2 is 2.20 bits per heavy atom. The number of ether oxygens (including phenoxy) is 1. The monoisotopic (exact) mass is 335 g/mol. The molecule has 2 aromatic rings. The molecule has 1 aromatic carbocycles. The minimum absolute atomic E-state index is 0.108. The molecule has 1 atom stereocenters. The molecule has 0 saturated carbocycles. The number of nitrogens with zero attached hydrogens (tertiary/aromatic N) is 3. The van der Waals surface area contributed by atoms with E-state index in [4.69, 9.17) is 4.74 Å².